The standard InChI is InChI=1S/C19H21BrClN3O/c1-14-11-16(5-6-18(14)20)22-19(25)13-23-7-9-24(10-8-23)17-4-2-3-15(21)12-17/h2-6,11-12H,7-10,13H2,1H3,(H,22,25). The number of carbonyl (C=O) groups excluding carboxylic acids is 1. The average molecular weight is 423 g/mol. The third kappa shape index (κ3) is 4.97. The minimum Gasteiger partial charge on any atom is -0.369 e. The Morgan fingerprint density at radius 3 is 2.60 bits per heavy atom. The van der Waals surface area contributed by atoms with Crippen molar-refractivity contribution < 1.29 is 4.79 Å². The zero-order valence-corrected chi connectivity index (χ0v) is 16.5. The Balaban J connectivity index is 1.50. The number of piperazine rings is 1. The van der Waals surface area contributed by atoms with Crippen molar-refractivity contribution in [2.75, 3.05) is 42.9 Å². The number of amides is 1. The molecule has 1 aliphatic rings. The quantitative estimate of drug-likeness (QED) is 0.803. The SMILES string of the molecule is Cc1cc(NC(=O)CN2CCN(c3cccc(Cl)c3)CC2)ccc1Br. The summed E-state index contributed by atoms with van der Waals surface area (Å²) in [5.74, 6) is 0.0259. The van der Waals surface area contributed by atoms with Crippen LogP contribution >= 0.6 is 27.5 Å². The molecule has 6 heteroatoms. The van der Waals surface area contributed by atoms with Crippen LogP contribution in [0.15, 0.2) is 46.9 Å². The second-order valence-electron chi connectivity index (χ2n) is 6.26. The van der Waals surface area contributed by atoms with E-state index in [1.165, 1.54) is 0 Å². The van der Waals surface area contributed by atoms with Crippen LogP contribution < -0.4 is 10.2 Å². The number of hydrogen-bond donors (Lipinski definition) is 1. The summed E-state index contributed by atoms with van der Waals surface area (Å²) in [5, 5.41) is 3.73. The van der Waals surface area contributed by atoms with Gasteiger partial charge in [-0.3, -0.25) is 9.69 Å². The van der Waals surface area contributed by atoms with Gasteiger partial charge < -0.3 is 10.2 Å². The van der Waals surface area contributed by atoms with E-state index in [0.29, 0.717) is 6.54 Å². The monoisotopic (exact) mass is 421 g/mol. The Labute approximate surface area is 161 Å². The summed E-state index contributed by atoms with van der Waals surface area (Å²) in [6.45, 7) is 5.93. The smallest absolute Gasteiger partial charge is 0.238 e. The molecule has 0 saturated carbocycles. The third-order valence-electron chi connectivity index (χ3n) is 4.35. The van der Waals surface area contributed by atoms with Gasteiger partial charge in [0.1, 0.15) is 0 Å². The first-order valence-electron chi connectivity index (χ1n) is 8.30. The van der Waals surface area contributed by atoms with Crippen molar-refractivity contribution in [2.45, 2.75) is 6.92 Å². The van der Waals surface area contributed by atoms with Gasteiger partial charge in [0.2, 0.25) is 5.91 Å². The minimum atomic E-state index is 0.0259. The first-order valence-corrected chi connectivity index (χ1v) is 9.47. The second-order valence-corrected chi connectivity index (χ2v) is 7.55. The lowest BCUT2D eigenvalue weighted by Gasteiger charge is -2.35. The number of nitrogens with zero attached hydrogens (tertiary/aromatic N) is 2. The van der Waals surface area contributed by atoms with Crippen LogP contribution in [0.5, 0.6) is 0 Å². The fraction of sp³-hybridized carbons (Fsp3) is 0.316. The van der Waals surface area contributed by atoms with Crippen molar-refractivity contribution in [3.63, 3.8) is 0 Å². The minimum absolute atomic E-state index is 0.0259. The summed E-state index contributed by atoms with van der Waals surface area (Å²) in [7, 11) is 0. The lowest BCUT2D eigenvalue weighted by molar-refractivity contribution is -0.117. The summed E-state index contributed by atoms with van der Waals surface area (Å²) in [6, 6.07) is 13.7. The van der Waals surface area contributed by atoms with Gasteiger partial charge in [-0.15, -0.1) is 0 Å². The largest absolute Gasteiger partial charge is 0.369 e. The molecular formula is C19H21BrClN3O. The van der Waals surface area contributed by atoms with Crippen LogP contribution in [0.3, 0.4) is 0 Å². The van der Waals surface area contributed by atoms with Gasteiger partial charge in [0.15, 0.2) is 0 Å². The van der Waals surface area contributed by atoms with Gasteiger partial charge >= 0.3 is 0 Å². The molecule has 3 rings (SSSR count). The first-order chi connectivity index (χ1) is 12.0. The van der Waals surface area contributed by atoms with Crippen LogP contribution in [0.4, 0.5) is 11.4 Å². The van der Waals surface area contributed by atoms with E-state index in [1.54, 1.807) is 0 Å². The van der Waals surface area contributed by atoms with Crippen molar-refractivity contribution >= 4 is 44.8 Å². The van der Waals surface area contributed by atoms with E-state index in [9.17, 15) is 4.79 Å². The number of rotatable bonds is 4. The number of anilines is 2. The Bertz CT molecular complexity index is 760. The van der Waals surface area contributed by atoms with E-state index in [4.69, 9.17) is 11.6 Å². The highest BCUT2D eigenvalue weighted by atomic mass is 79.9. The predicted molar refractivity (Wildman–Crippen MR) is 108 cm³/mol. The van der Waals surface area contributed by atoms with Crippen LogP contribution in [0.25, 0.3) is 0 Å². The average Bonchev–Trinajstić information content (AvgIpc) is 2.59. The van der Waals surface area contributed by atoms with Gasteiger partial charge in [0, 0.05) is 47.0 Å². The number of halogens is 2. The molecule has 0 unspecified atom stereocenters. The molecule has 0 radical (unpaired) electrons. The van der Waals surface area contributed by atoms with Gasteiger partial charge in [-0.05, 0) is 48.9 Å². The fourth-order valence-corrected chi connectivity index (χ4v) is 3.39. The molecule has 0 aliphatic carbocycles. The van der Waals surface area contributed by atoms with E-state index >= 15 is 0 Å². The van der Waals surface area contributed by atoms with Gasteiger partial charge in [-0.2, -0.15) is 0 Å². The predicted octanol–water partition coefficient (Wildman–Crippen LogP) is 4.17. The second kappa shape index (κ2) is 8.21. The Kier molecular flexibility index (Phi) is 5.99. The maximum atomic E-state index is 12.3. The number of carbonyl (C=O) groups is 1. The molecule has 1 aliphatic heterocycles. The van der Waals surface area contributed by atoms with Crippen molar-refractivity contribution in [1.29, 1.82) is 0 Å². The number of hydrogen-bond acceptors (Lipinski definition) is 3. The highest BCUT2D eigenvalue weighted by Gasteiger charge is 2.19. The zero-order valence-electron chi connectivity index (χ0n) is 14.1. The maximum absolute atomic E-state index is 12.3. The molecule has 1 saturated heterocycles. The summed E-state index contributed by atoms with van der Waals surface area (Å²) in [4.78, 5) is 16.8. The molecule has 0 atom stereocenters. The van der Waals surface area contributed by atoms with Gasteiger partial charge in [-0.1, -0.05) is 33.6 Å². The number of nitrogens with one attached hydrogen (secondary N) is 1. The molecule has 2 aromatic rings. The van der Waals surface area contributed by atoms with Crippen molar-refractivity contribution in [3.05, 3.63) is 57.5 Å². The highest BCUT2D eigenvalue weighted by molar-refractivity contribution is 9.10. The molecule has 0 aromatic heterocycles. The summed E-state index contributed by atoms with van der Waals surface area (Å²) in [6.07, 6.45) is 0. The normalized spacial score (nSPS) is 15.2. The maximum Gasteiger partial charge on any atom is 0.238 e. The van der Waals surface area contributed by atoms with Gasteiger partial charge in [-0.25, -0.2) is 0 Å². The number of benzene rings is 2. The summed E-state index contributed by atoms with van der Waals surface area (Å²) >= 11 is 9.54. The molecule has 1 fully saturated rings. The molecule has 0 spiro atoms. The Morgan fingerprint density at radius 2 is 1.92 bits per heavy atom. The summed E-state index contributed by atoms with van der Waals surface area (Å²) in [5.41, 5.74) is 3.08. The molecule has 1 heterocycles. The molecule has 1 amide bonds. The lowest BCUT2D eigenvalue weighted by atomic mass is 10.2. The van der Waals surface area contributed by atoms with Gasteiger partial charge in [0.05, 0.1) is 6.54 Å². The number of aryl methyl sites for hydroxylation is 1. The van der Waals surface area contributed by atoms with Crippen LogP contribution in [-0.2, 0) is 4.79 Å². The van der Waals surface area contributed by atoms with E-state index in [1.807, 2.05) is 43.3 Å². The zero-order chi connectivity index (χ0) is 17.8. The van der Waals surface area contributed by atoms with E-state index in [2.05, 4.69) is 37.1 Å². The third-order valence-corrected chi connectivity index (χ3v) is 5.48. The Hall–Kier alpha value is -1.56. The highest BCUT2D eigenvalue weighted by Crippen LogP contribution is 2.21. The van der Waals surface area contributed by atoms with Crippen molar-refractivity contribution in [3.8, 4) is 0 Å². The lowest BCUT2D eigenvalue weighted by Crippen LogP contribution is -2.48. The fourth-order valence-electron chi connectivity index (χ4n) is 2.96. The molecule has 1 N–H and O–H groups in total. The van der Waals surface area contributed by atoms with Crippen LogP contribution in [0, 0.1) is 6.92 Å². The van der Waals surface area contributed by atoms with Crippen LogP contribution in [-0.4, -0.2) is 43.5 Å². The van der Waals surface area contributed by atoms with Gasteiger partial charge in [0.25, 0.3) is 0 Å². The molecule has 132 valence electrons. The first kappa shape index (κ1) is 18.2. The Morgan fingerprint density at radius 1 is 1.16 bits per heavy atom. The summed E-state index contributed by atoms with van der Waals surface area (Å²) < 4.78 is 1.04. The molecule has 2 aromatic carbocycles. The van der Waals surface area contributed by atoms with Crippen LogP contribution in [0.2, 0.25) is 5.02 Å². The van der Waals surface area contributed by atoms with Crippen LogP contribution in [0.1, 0.15) is 5.56 Å². The molecule has 4 nitrogen and oxygen atoms in total. The molecule has 25 heavy (non-hydrogen) atoms. The van der Waals surface area contributed by atoms with E-state index in [0.717, 1.165) is 52.6 Å². The van der Waals surface area contributed by atoms with Crippen molar-refractivity contribution in [1.82, 2.24) is 4.90 Å². The topological polar surface area (TPSA) is 35.6 Å². The van der Waals surface area contributed by atoms with Crippen molar-refractivity contribution in [2.24, 2.45) is 0 Å². The molecule has 0 bridgehead atoms. The van der Waals surface area contributed by atoms with E-state index < -0.39 is 0 Å². The molecular weight excluding hydrogens is 402 g/mol. The van der Waals surface area contributed by atoms with E-state index in [-0.39, 0.29) is 5.91 Å².